The van der Waals surface area contributed by atoms with Gasteiger partial charge in [-0.15, -0.1) is 0 Å². The molecular formula is C15H18N2O2S. The second kappa shape index (κ2) is 7.51. The summed E-state index contributed by atoms with van der Waals surface area (Å²) in [5.74, 6) is 1.31. The summed E-state index contributed by atoms with van der Waals surface area (Å²) in [5, 5.41) is 8.96. The molecule has 0 saturated carbocycles. The number of ether oxygens (including phenoxy) is 2. The van der Waals surface area contributed by atoms with E-state index in [2.05, 4.69) is 0 Å². The van der Waals surface area contributed by atoms with Crippen molar-refractivity contribution in [3.63, 3.8) is 0 Å². The van der Waals surface area contributed by atoms with Crippen molar-refractivity contribution in [1.29, 1.82) is 5.26 Å². The smallest absolute Gasteiger partial charge is 0.161 e. The van der Waals surface area contributed by atoms with Gasteiger partial charge in [0.15, 0.2) is 11.5 Å². The Morgan fingerprint density at radius 3 is 2.65 bits per heavy atom. The predicted octanol–water partition coefficient (Wildman–Crippen LogP) is 3.07. The molecule has 1 aromatic rings. The highest BCUT2D eigenvalue weighted by atomic mass is 32.1. The molecule has 0 aromatic heterocycles. The molecule has 0 heterocycles. The number of nitrogens with zero attached hydrogens (tertiary/aromatic N) is 1. The van der Waals surface area contributed by atoms with Crippen LogP contribution in [0.15, 0.2) is 23.8 Å². The number of nitriles is 1. The molecule has 0 aliphatic heterocycles. The highest BCUT2D eigenvalue weighted by Gasteiger charge is 2.08. The van der Waals surface area contributed by atoms with Crippen LogP contribution in [0.1, 0.15) is 26.3 Å². The van der Waals surface area contributed by atoms with Gasteiger partial charge in [-0.3, -0.25) is 0 Å². The Morgan fingerprint density at radius 1 is 1.45 bits per heavy atom. The van der Waals surface area contributed by atoms with Gasteiger partial charge in [0.05, 0.1) is 18.3 Å². The third kappa shape index (κ3) is 4.56. The van der Waals surface area contributed by atoms with E-state index in [0.29, 0.717) is 18.1 Å². The molecule has 0 radical (unpaired) electrons. The van der Waals surface area contributed by atoms with Crippen LogP contribution in [0.2, 0.25) is 0 Å². The summed E-state index contributed by atoms with van der Waals surface area (Å²) in [6, 6.07) is 7.41. The zero-order valence-corrected chi connectivity index (χ0v) is 12.7. The molecule has 1 rings (SSSR count). The fourth-order valence-electron chi connectivity index (χ4n) is 1.56. The lowest BCUT2D eigenvalue weighted by Gasteiger charge is -2.15. The first kappa shape index (κ1) is 16.0. The highest BCUT2D eigenvalue weighted by Crippen LogP contribution is 2.30. The summed E-state index contributed by atoms with van der Waals surface area (Å²) in [6.07, 6.45) is 1.69. The van der Waals surface area contributed by atoms with E-state index < -0.39 is 0 Å². The summed E-state index contributed by atoms with van der Waals surface area (Å²) in [6.45, 7) is 6.33. The first-order chi connectivity index (χ1) is 9.47. The molecule has 2 N–H and O–H groups in total. The van der Waals surface area contributed by atoms with Crippen LogP contribution in [-0.2, 0) is 0 Å². The van der Waals surface area contributed by atoms with Crippen LogP contribution in [0.25, 0.3) is 6.08 Å². The Kier molecular flexibility index (Phi) is 6.01. The van der Waals surface area contributed by atoms with Crippen LogP contribution < -0.4 is 15.2 Å². The van der Waals surface area contributed by atoms with Gasteiger partial charge >= 0.3 is 0 Å². The largest absolute Gasteiger partial charge is 0.490 e. The molecule has 0 saturated heterocycles. The number of rotatable bonds is 6. The minimum absolute atomic E-state index is 0.0573. The molecule has 0 fully saturated rings. The first-order valence-electron chi connectivity index (χ1n) is 6.33. The maximum Gasteiger partial charge on any atom is 0.161 e. The number of benzene rings is 1. The van der Waals surface area contributed by atoms with Crippen LogP contribution >= 0.6 is 12.2 Å². The summed E-state index contributed by atoms with van der Waals surface area (Å²) < 4.78 is 11.2. The number of thiocarbonyl (C=S) groups is 1. The van der Waals surface area contributed by atoms with E-state index in [9.17, 15) is 0 Å². The predicted molar refractivity (Wildman–Crippen MR) is 83.8 cm³/mol. The lowest BCUT2D eigenvalue weighted by atomic mass is 10.1. The molecule has 106 valence electrons. The van der Waals surface area contributed by atoms with Gasteiger partial charge in [-0.2, -0.15) is 5.26 Å². The van der Waals surface area contributed by atoms with Crippen molar-refractivity contribution in [2.45, 2.75) is 26.9 Å². The fourth-order valence-corrected chi connectivity index (χ4v) is 1.66. The zero-order valence-electron chi connectivity index (χ0n) is 11.8. The van der Waals surface area contributed by atoms with Crippen molar-refractivity contribution in [3.05, 3.63) is 29.3 Å². The quantitative estimate of drug-likeness (QED) is 0.495. The molecule has 1 aromatic carbocycles. The van der Waals surface area contributed by atoms with Gasteiger partial charge in [-0.25, -0.2) is 0 Å². The molecule has 0 aliphatic rings. The van der Waals surface area contributed by atoms with Gasteiger partial charge in [-0.1, -0.05) is 18.3 Å². The highest BCUT2D eigenvalue weighted by molar-refractivity contribution is 7.80. The number of hydrogen-bond donors (Lipinski definition) is 1. The Balaban J connectivity index is 3.16. The van der Waals surface area contributed by atoms with Gasteiger partial charge in [-0.05, 0) is 44.5 Å². The van der Waals surface area contributed by atoms with Crippen molar-refractivity contribution in [2.75, 3.05) is 6.61 Å². The van der Waals surface area contributed by atoms with E-state index in [1.807, 2.05) is 39.0 Å². The van der Waals surface area contributed by atoms with Crippen LogP contribution in [0.3, 0.4) is 0 Å². The Morgan fingerprint density at radius 2 is 2.15 bits per heavy atom. The van der Waals surface area contributed by atoms with E-state index >= 15 is 0 Å². The van der Waals surface area contributed by atoms with Gasteiger partial charge < -0.3 is 15.2 Å². The van der Waals surface area contributed by atoms with E-state index in [1.165, 1.54) is 0 Å². The lowest BCUT2D eigenvalue weighted by Crippen LogP contribution is -2.10. The second-order valence-electron chi connectivity index (χ2n) is 4.34. The summed E-state index contributed by atoms with van der Waals surface area (Å²) >= 11 is 4.81. The van der Waals surface area contributed by atoms with E-state index in [0.717, 1.165) is 5.56 Å². The summed E-state index contributed by atoms with van der Waals surface area (Å²) in [4.78, 5) is 0.0768. The standard InChI is InChI=1S/C15H18N2O2S/c1-4-18-14-8-11(7-12(9-16)15(17)20)5-6-13(14)19-10(2)3/h5-8,10H,4H2,1-3H3,(H2,17,20)/b12-7+. The second-order valence-corrected chi connectivity index (χ2v) is 4.78. The molecule has 0 aliphatic carbocycles. The van der Waals surface area contributed by atoms with Crippen molar-refractivity contribution >= 4 is 23.3 Å². The Labute approximate surface area is 124 Å². The maximum atomic E-state index is 8.96. The van der Waals surface area contributed by atoms with Crippen LogP contribution in [-0.4, -0.2) is 17.7 Å². The molecule has 0 atom stereocenters. The van der Waals surface area contributed by atoms with Gasteiger partial charge in [0, 0.05) is 0 Å². The van der Waals surface area contributed by atoms with Gasteiger partial charge in [0.25, 0.3) is 0 Å². The van der Waals surface area contributed by atoms with E-state index in [4.69, 9.17) is 32.7 Å². The first-order valence-corrected chi connectivity index (χ1v) is 6.73. The monoisotopic (exact) mass is 290 g/mol. The molecular weight excluding hydrogens is 272 g/mol. The molecule has 0 unspecified atom stereocenters. The molecule has 4 nitrogen and oxygen atoms in total. The van der Waals surface area contributed by atoms with Crippen molar-refractivity contribution < 1.29 is 9.47 Å². The van der Waals surface area contributed by atoms with Crippen LogP contribution in [0.4, 0.5) is 0 Å². The number of hydrogen-bond acceptors (Lipinski definition) is 4. The molecule has 0 spiro atoms. The van der Waals surface area contributed by atoms with E-state index in [1.54, 1.807) is 12.1 Å². The molecule has 5 heteroatoms. The normalized spacial score (nSPS) is 11.1. The van der Waals surface area contributed by atoms with Gasteiger partial charge in [0.2, 0.25) is 0 Å². The molecule has 0 amide bonds. The number of nitrogens with two attached hydrogens (primary N) is 1. The topological polar surface area (TPSA) is 68.3 Å². The third-order valence-electron chi connectivity index (χ3n) is 2.33. The molecule has 0 bridgehead atoms. The van der Waals surface area contributed by atoms with Crippen LogP contribution in [0.5, 0.6) is 11.5 Å². The maximum absolute atomic E-state index is 8.96. The van der Waals surface area contributed by atoms with Crippen molar-refractivity contribution in [2.24, 2.45) is 5.73 Å². The summed E-state index contributed by atoms with van der Waals surface area (Å²) in [7, 11) is 0. The Hall–Kier alpha value is -2.06. The van der Waals surface area contributed by atoms with E-state index in [-0.39, 0.29) is 16.7 Å². The minimum atomic E-state index is 0.0573. The minimum Gasteiger partial charge on any atom is -0.490 e. The zero-order chi connectivity index (χ0) is 15.1. The average molecular weight is 290 g/mol. The fraction of sp³-hybridized carbons (Fsp3) is 0.333. The van der Waals surface area contributed by atoms with Gasteiger partial charge in [0.1, 0.15) is 11.1 Å². The Bertz CT molecular complexity index is 559. The molecule has 20 heavy (non-hydrogen) atoms. The summed E-state index contributed by atoms with van der Waals surface area (Å²) in [5.41, 5.74) is 6.52. The van der Waals surface area contributed by atoms with Crippen molar-refractivity contribution in [3.8, 4) is 17.6 Å². The SMILES string of the molecule is CCOc1cc(/C=C(\C#N)C(N)=S)ccc1OC(C)C. The third-order valence-corrected chi connectivity index (χ3v) is 2.55. The van der Waals surface area contributed by atoms with Crippen LogP contribution in [0, 0.1) is 11.3 Å². The average Bonchev–Trinajstić information content (AvgIpc) is 2.38. The lowest BCUT2D eigenvalue weighted by molar-refractivity contribution is 0.224. The van der Waals surface area contributed by atoms with Crippen molar-refractivity contribution in [1.82, 2.24) is 0 Å².